The summed E-state index contributed by atoms with van der Waals surface area (Å²) in [5, 5.41) is 11.6. The molecule has 2 N–H and O–H groups in total. The minimum Gasteiger partial charge on any atom is -0.461 e. The smallest absolute Gasteiger partial charge is 0.189 e. The molecule has 92 valence electrons. The van der Waals surface area contributed by atoms with Crippen LogP contribution in [0.3, 0.4) is 0 Å². The number of hydrogen-bond acceptors (Lipinski definition) is 5. The summed E-state index contributed by atoms with van der Waals surface area (Å²) >= 11 is 0. The molecule has 8 heteroatoms. The van der Waals surface area contributed by atoms with Gasteiger partial charge in [-0.3, -0.25) is 10.1 Å². The summed E-state index contributed by atoms with van der Waals surface area (Å²) in [5.74, 6) is 0.557. The Labute approximate surface area is 114 Å². The summed E-state index contributed by atoms with van der Waals surface area (Å²) in [6, 6.07) is 3.88. The van der Waals surface area contributed by atoms with E-state index >= 15 is 0 Å². The van der Waals surface area contributed by atoms with Gasteiger partial charge in [-0.1, -0.05) is 0 Å². The lowest BCUT2D eigenvalue weighted by atomic mass is 9.73. The third-order valence-electron chi connectivity index (χ3n) is 2.56. The largest absolute Gasteiger partial charge is 0.461 e. The van der Waals surface area contributed by atoms with Gasteiger partial charge >= 0.3 is 0 Å². The van der Waals surface area contributed by atoms with Gasteiger partial charge in [-0.05, 0) is 25.1 Å². The van der Waals surface area contributed by atoms with E-state index in [1.807, 2.05) is 0 Å². The van der Waals surface area contributed by atoms with Crippen molar-refractivity contribution in [3.05, 3.63) is 23.8 Å². The predicted molar refractivity (Wildman–Crippen MR) is 70.6 cm³/mol. The molecule has 1 aliphatic heterocycles. The Morgan fingerprint density at radius 3 is 2.68 bits per heavy atom. The van der Waals surface area contributed by atoms with Crippen molar-refractivity contribution >= 4 is 29.3 Å². The summed E-state index contributed by atoms with van der Waals surface area (Å²) in [7, 11) is 15.8. The molecule has 0 saturated heterocycles. The maximum absolute atomic E-state index is 12.1. The number of nitrogens with one attached hydrogen (secondary N) is 1. The minimum atomic E-state index is -2.12. The highest BCUT2D eigenvalue weighted by Gasteiger charge is 2.25. The number of ketones is 1. The molecule has 1 heterocycles. The molecule has 2 atom stereocenters. The Kier molecular flexibility index (Phi) is 3.65. The molecule has 0 bridgehead atoms. The lowest BCUT2D eigenvalue weighted by molar-refractivity contribution is 0.0888. The Morgan fingerprint density at radius 1 is 1.42 bits per heavy atom. The van der Waals surface area contributed by atoms with Crippen molar-refractivity contribution in [3.8, 4) is 11.5 Å². The molecule has 1 aromatic rings. The number of carbonyl (C=O) groups excluding carboxylic acids is 1. The van der Waals surface area contributed by atoms with Gasteiger partial charge in [-0.25, -0.2) is 0 Å². The summed E-state index contributed by atoms with van der Waals surface area (Å²) in [6.07, 6.45) is -0.867. The van der Waals surface area contributed by atoms with Gasteiger partial charge in [-0.15, -0.1) is 0 Å². The summed E-state index contributed by atoms with van der Waals surface area (Å²) in [6.45, 7) is 1.53. The third kappa shape index (κ3) is 3.33. The van der Waals surface area contributed by atoms with Crippen LogP contribution in [0.4, 0.5) is 0 Å². The number of ether oxygens (including phenoxy) is 2. The van der Waals surface area contributed by atoms with E-state index in [0.717, 1.165) is 0 Å². The topological polar surface area (TPSA) is 67.8 Å². The van der Waals surface area contributed by atoms with Crippen LogP contribution in [0.5, 0.6) is 11.5 Å². The van der Waals surface area contributed by atoms with Crippen molar-refractivity contribution in [2.45, 2.75) is 24.7 Å². The monoisotopic (exact) mass is 253 g/mol. The average molecular weight is 253 g/mol. The molecule has 0 amide bonds. The third-order valence-corrected chi connectivity index (χ3v) is 2.56. The first-order valence-electron chi connectivity index (χ1n) is 5.61. The number of Topliss-reactive ketones (excluding diaryl/α,β-unsaturated/α-hetero) is 1. The van der Waals surface area contributed by atoms with Crippen LogP contribution in [0.2, 0.25) is 0 Å². The first-order chi connectivity index (χ1) is 8.76. The van der Waals surface area contributed by atoms with E-state index in [1.165, 1.54) is 13.0 Å². The van der Waals surface area contributed by atoms with Crippen LogP contribution in [-0.2, 0) is 0 Å². The number of fused-ring (bicyclic) bond motifs is 1. The van der Waals surface area contributed by atoms with Crippen LogP contribution in [0.15, 0.2) is 18.2 Å². The van der Waals surface area contributed by atoms with Gasteiger partial charge in [0.2, 0.25) is 0 Å². The number of aliphatic hydroxyl groups is 1. The zero-order chi connectivity index (χ0) is 14.2. The van der Waals surface area contributed by atoms with E-state index < -0.39 is 17.8 Å². The number of rotatable bonds is 4. The molecule has 0 spiro atoms. The van der Waals surface area contributed by atoms with Gasteiger partial charge in [-0.2, -0.15) is 0 Å². The van der Waals surface area contributed by atoms with E-state index in [1.54, 1.807) is 12.1 Å². The number of benzene rings is 1. The van der Waals surface area contributed by atoms with Gasteiger partial charge in [0.05, 0.1) is 6.04 Å². The summed E-state index contributed by atoms with van der Waals surface area (Å²) in [4.78, 5) is 12.1. The Balaban J connectivity index is 2.15. The minimum absolute atomic E-state index is 0.304. The predicted octanol–water partition coefficient (Wildman–Crippen LogP) is -0.989. The second-order valence-electron chi connectivity index (χ2n) is 4.32. The van der Waals surface area contributed by atoms with Crippen LogP contribution in [0, 0.1) is 0 Å². The molecule has 2 rings (SSSR count). The van der Waals surface area contributed by atoms with Gasteiger partial charge in [0.1, 0.15) is 15.7 Å². The van der Waals surface area contributed by atoms with Gasteiger partial charge < -0.3 is 14.6 Å². The molecular weight excluding hydrogens is 243 g/mol. The van der Waals surface area contributed by atoms with Crippen LogP contribution in [0.25, 0.3) is 0 Å². The van der Waals surface area contributed by atoms with Gasteiger partial charge in [0.25, 0.3) is 0 Å². The molecule has 0 fully saturated rings. The van der Waals surface area contributed by atoms with E-state index in [9.17, 15) is 9.90 Å². The van der Waals surface area contributed by atoms with Crippen LogP contribution in [0.1, 0.15) is 17.3 Å². The van der Waals surface area contributed by atoms with Crippen LogP contribution < -0.4 is 14.8 Å². The standard InChI is InChI=1S/C11H10B3NO4/c1-5(15-11(13,14)17)9(16)6-2-3-7-8(4-6)19-10(12)18-7/h2-5,10,15,17H,1H3/t5-,10?/m0/s1. The lowest BCUT2D eigenvalue weighted by Crippen LogP contribution is -2.53. The van der Waals surface area contributed by atoms with Crippen molar-refractivity contribution in [3.63, 3.8) is 0 Å². The normalized spacial score (nSPS) is 19.2. The molecular formula is C11H10B3NO4. The van der Waals surface area contributed by atoms with Crippen LogP contribution in [-0.4, -0.2) is 52.2 Å². The molecule has 1 aliphatic rings. The first-order valence-corrected chi connectivity index (χ1v) is 5.61. The van der Waals surface area contributed by atoms with Crippen molar-refractivity contribution in [2.75, 3.05) is 0 Å². The van der Waals surface area contributed by atoms with Crippen molar-refractivity contribution in [2.24, 2.45) is 0 Å². The van der Waals surface area contributed by atoms with E-state index in [0.29, 0.717) is 17.1 Å². The van der Waals surface area contributed by atoms with E-state index in [4.69, 9.17) is 33.0 Å². The fraction of sp³-hybridized carbons (Fsp3) is 0.364. The van der Waals surface area contributed by atoms with Gasteiger partial charge in [0, 0.05) is 11.1 Å². The molecule has 1 aromatic carbocycles. The molecule has 0 aromatic heterocycles. The lowest BCUT2D eigenvalue weighted by Gasteiger charge is -2.25. The van der Waals surface area contributed by atoms with E-state index in [-0.39, 0.29) is 5.78 Å². The summed E-state index contributed by atoms with van der Waals surface area (Å²) in [5.41, 5.74) is -1.76. The fourth-order valence-corrected chi connectivity index (χ4v) is 1.79. The maximum Gasteiger partial charge on any atom is 0.189 e. The van der Waals surface area contributed by atoms with Crippen LogP contribution >= 0.6 is 0 Å². The van der Waals surface area contributed by atoms with Gasteiger partial charge in [0.15, 0.2) is 31.3 Å². The summed E-state index contributed by atoms with van der Waals surface area (Å²) < 4.78 is 10.3. The Bertz CT molecular complexity index is 503. The fourth-order valence-electron chi connectivity index (χ4n) is 1.79. The molecule has 5 nitrogen and oxygen atoms in total. The molecule has 19 heavy (non-hydrogen) atoms. The number of hydrogen-bond donors (Lipinski definition) is 2. The maximum atomic E-state index is 12.1. The average Bonchev–Trinajstić information content (AvgIpc) is 2.64. The molecule has 0 aliphatic carbocycles. The SMILES string of the molecule is [B]C1Oc2ccc(C(=O)[C@H](C)NC([B])([B])O)cc2O1. The highest BCUT2D eigenvalue weighted by Crippen LogP contribution is 2.34. The highest BCUT2D eigenvalue weighted by molar-refractivity contribution is 6.38. The first kappa shape index (κ1) is 14.0. The molecule has 6 radical (unpaired) electrons. The second kappa shape index (κ2) is 4.94. The van der Waals surface area contributed by atoms with Crippen molar-refractivity contribution < 1.29 is 19.4 Å². The molecule has 1 unspecified atom stereocenters. The van der Waals surface area contributed by atoms with Crippen molar-refractivity contribution in [1.29, 1.82) is 0 Å². The molecule has 0 saturated carbocycles. The van der Waals surface area contributed by atoms with E-state index in [2.05, 4.69) is 5.32 Å². The quantitative estimate of drug-likeness (QED) is 0.409. The Morgan fingerprint density at radius 2 is 2.05 bits per heavy atom. The second-order valence-corrected chi connectivity index (χ2v) is 4.32. The highest BCUT2D eigenvalue weighted by atomic mass is 16.7. The zero-order valence-corrected chi connectivity index (χ0v) is 10.3. The Hall–Kier alpha value is -1.40. The number of carbonyl (C=O) groups is 1. The zero-order valence-electron chi connectivity index (χ0n) is 10.3. The van der Waals surface area contributed by atoms with Crippen molar-refractivity contribution in [1.82, 2.24) is 5.32 Å².